The van der Waals surface area contributed by atoms with Crippen LogP contribution in [0.3, 0.4) is 0 Å². The Kier molecular flexibility index (Phi) is 4.81. The van der Waals surface area contributed by atoms with E-state index in [0.29, 0.717) is 46.2 Å². The van der Waals surface area contributed by atoms with Crippen LogP contribution in [-0.2, 0) is 0 Å². The Balaban J connectivity index is 1.46. The van der Waals surface area contributed by atoms with Gasteiger partial charge in [-0.05, 0) is 49.5 Å². The lowest BCUT2D eigenvalue weighted by Gasteiger charge is -2.47. The Morgan fingerprint density at radius 2 is 1.73 bits per heavy atom. The van der Waals surface area contributed by atoms with Crippen LogP contribution in [-0.4, -0.2) is 31.0 Å². The normalized spacial score (nSPS) is 24.3. The number of hydrogen-bond donors (Lipinski definition) is 2. The summed E-state index contributed by atoms with van der Waals surface area (Å²) in [6, 6.07) is 4.43. The summed E-state index contributed by atoms with van der Waals surface area (Å²) in [7, 11) is 0. The lowest BCUT2D eigenvalue weighted by molar-refractivity contribution is 0.0928. The fraction of sp³-hybridized carbons (Fsp3) is 0.360. The van der Waals surface area contributed by atoms with Crippen molar-refractivity contribution >= 4 is 16.7 Å². The average molecular weight is 447 g/mol. The SMILES string of the molecule is CC1C2CCC(CC2)C1Nc1cc(-c2cncnc2)nc(-c2c[nH]c3c(F)cc(F)cc23)n1. The van der Waals surface area contributed by atoms with E-state index >= 15 is 0 Å². The molecule has 7 rings (SSSR count). The number of nitrogens with zero attached hydrogens (tertiary/aromatic N) is 4. The van der Waals surface area contributed by atoms with E-state index in [0.717, 1.165) is 17.5 Å². The summed E-state index contributed by atoms with van der Waals surface area (Å²) in [5.74, 6) is 1.75. The number of benzene rings is 1. The summed E-state index contributed by atoms with van der Waals surface area (Å²) in [4.78, 5) is 20.7. The molecular formula is C25H24F2N6. The third kappa shape index (κ3) is 3.53. The molecule has 0 saturated heterocycles. The van der Waals surface area contributed by atoms with Crippen molar-refractivity contribution in [2.75, 3.05) is 5.32 Å². The second kappa shape index (κ2) is 7.86. The second-order valence-corrected chi connectivity index (χ2v) is 9.31. The Morgan fingerprint density at radius 3 is 2.48 bits per heavy atom. The summed E-state index contributed by atoms with van der Waals surface area (Å²) in [6.07, 6.45) is 11.6. The van der Waals surface area contributed by atoms with Gasteiger partial charge in [-0.25, -0.2) is 28.7 Å². The van der Waals surface area contributed by atoms with Crippen molar-refractivity contribution in [1.82, 2.24) is 24.9 Å². The molecule has 0 radical (unpaired) electrons. The quantitative estimate of drug-likeness (QED) is 0.427. The van der Waals surface area contributed by atoms with E-state index in [4.69, 9.17) is 9.97 Å². The van der Waals surface area contributed by atoms with Crippen molar-refractivity contribution < 1.29 is 8.78 Å². The minimum absolute atomic E-state index is 0.233. The van der Waals surface area contributed by atoms with E-state index in [9.17, 15) is 8.78 Å². The van der Waals surface area contributed by atoms with Gasteiger partial charge in [0.1, 0.15) is 23.8 Å². The van der Waals surface area contributed by atoms with E-state index in [1.165, 1.54) is 38.1 Å². The van der Waals surface area contributed by atoms with Crippen molar-refractivity contribution in [3.63, 3.8) is 0 Å². The summed E-state index contributed by atoms with van der Waals surface area (Å²) in [5, 5.41) is 4.10. The highest BCUT2D eigenvalue weighted by atomic mass is 19.1. The molecule has 168 valence electrons. The maximum atomic E-state index is 14.3. The van der Waals surface area contributed by atoms with Crippen LogP contribution in [0, 0.1) is 29.4 Å². The van der Waals surface area contributed by atoms with Crippen molar-refractivity contribution in [3.05, 3.63) is 54.8 Å². The van der Waals surface area contributed by atoms with Gasteiger partial charge in [-0.15, -0.1) is 0 Å². The Hall–Kier alpha value is -3.42. The number of H-pyrrole nitrogens is 1. The minimum Gasteiger partial charge on any atom is -0.367 e. The number of aromatic amines is 1. The topological polar surface area (TPSA) is 79.4 Å². The standard InChI is InChI=1S/C25H24F2N6/c1-13-14-2-4-15(5-3-14)23(13)32-22-8-21(16-9-28-12-29-10-16)31-25(33-22)19-11-30-24-18(19)6-17(26)7-20(24)27/h6-15,23,30H,2-5H2,1H3,(H,31,32,33). The van der Waals surface area contributed by atoms with Gasteiger partial charge in [0.05, 0.1) is 11.2 Å². The fourth-order valence-electron chi connectivity index (χ4n) is 5.73. The number of nitrogens with one attached hydrogen (secondary N) is 2. The predicted molar refractivity (Wildman–Crippen MR) is 122 cm³/mol. The van der Waals surface area contributed by atoms with Crippen LogP contribution in [0.25, 0.3) is 33.5 Å². The van der Waals surface area contributed by atoms with E-state index in [1.54, 1.807) is 18.6 Å². The van der Waals surface area contributed by atoms with Crippen LogP contribution in [0.5, 0.6) is 0 Å². The predicted octanol–water partition coefficient (Wildman–Crippen LogP) is 5.60. The van der Waals surface area contributed by atoms with Crippen molar-refractivity contribution in [2.45, 2.75) is 38.6 Å². The zero-order valence-electron chi connectivity index (χ0n) is 18.2. The molecule has 2 bridgehead atoms. The molecule has 3 heterocycles. The molecule has 33 heavy (non-hydrogen) atoms. The molecule has 3 saturated carbocycles. The number of halogens is 2. The lowest BCUT2D eigenvalue weighted by atomic mass is 9.62. The molecule has 2 unspecified atom stereocenters. The highest BCUT2D eigenvalue weighted by Gasteiger charge is 2.41. The first-order valence-corrected chi connectivity index (χ1v) is 11.4. The summed E-state index contributed by atoms with van der Waals surface area (Å²) >= 11 is 0. The summed E-state index contributed by atoms with van der Waals surface area (Å²) in [6.45, 7) is 2.33. The van der Waals surface area contributed by atoms with E-state index in [1.807, 2.05) is 6.07 Å². The van der Waals surface area contributed by atoms with E-state index in [2.05, 4.69) is 27.2 Å². The van der Waals surface area contributed by atoms with Crippen molar-refractivity contribution in [2.24, 2.45) is 17.8 Å². The maximum absolute atomic E-state index is 14.3. The van der Waals surface area contributed by atoms with Gasteiger partial charge >= 0.3 is 0 Å². The molecule has 4 aromatic rings. The first-order valence-electron chi connectivity index (χ1n) is 11.4. The number of aromatic nitrogens is 5. The van der Waals surface area contributed by atoms with Gasteiger partial charge in [0.2, 0.25) is 0 Å². The number of anilines is 1. The monoisotopic (exact) mass is 446 g/mol. The molecule has 6 nitrogen and oxygen atoms in total. The first-order chi connectivity index (χ1) is 16.1. The van der Waals surface area contributed by atoms with Gasteiger partial charge in [0, 0.05) is 53.3 Å². The Bertz CT molecular complexity index is 1310. The zero-order valence-corrected chi connectivity index (χ0v) is 18.2. The fourth-order valence-corrected chi connectivity index (χ4v) is 5.73. The Labute approximate surface area is 189 Å². The molecule has 0 amide bonds. The van der Waals surface area contributed by atoms with Gasteiger partial charge in [-0.2, -0.15) is 0 Å². The van der Waals surface area contributed by atoms with Gasteiger partial charge in [-0.3, -0.25) is 0 Å². The third-order valence-electron chi connectivity index (χ3n) is 7.48. The van der Waals surface area contributed by atoms with Gasteiger partial charge in [0.15, 0.2) is 5.82 Å². The van der Waals surface area contributed by atoms with E-state index in [-0.39, 0.29) is 5.52 Å². The molecule has 3 aromatic heterocycles. The van der Waals surface area contributed by atoms with E-state index < -0.39 is 11.6 Å². The summed E-state index contributed by atoms with van der Waals surface area (Å²) < 4.78 is 28.3. The van der Waals surface area contributed by atoms with Crippen LogP contribution in [0.1, 0.15) is 32.6 Å². The molecule has 8 heteroatoms. The molecule has 2 N–H and O–H groups in total. The van der Waals surface area contributed by atoms with Crippen molar-refractivity contribution in [1.29, 1.82) is 0 Å². The van der Waals surface area contributed by atoms with Crippen LogP contribution in [0.4, 0.5) is 14.6 Å². The van der Waals surface area contributed by atoms with Gasteiger partial charge < -0.3 is 10.3 Å². The molecule has 0 aliphatic heterocycles. The smallest absolute Gasteiger partial charge is 0.164 e. The first kappa shape index (κ1) is 20.2. The minimum atomic E-state index is -0.644. The van der Waals surface area contributed by atoms with Crippen LogP contribution in [0.2, 0.25) is 0 Å². The zero-order chi connectivity index (χ0) is 22.5. The van der Waals surface area contributed by atoms with Crippen molar-refractivity contribution in [3.8, 4) is 22.6 Å². The highest BCUT2D eigenvalue weighted by molar-refractivity contribution is 5.94. The highest BCUT2D eigenvalue weighted by Crippen LogP contribution is 2.46. The number of rotatable bonds is 4. The third-order valence-corrected chi connectivity index (χ3v) is 7.48. The number of fused-ring (bicyclic) bond motifs is 4. The molecule has 3 aliphatic carbocycles. The lowest BCUT2D eigenvalue weighted by Crippen LogP contribution is -2.47. The summed E-state index contributed by atoms with van der Waals surface area (Å²) in [5.41, 5.74) is 2.18. The average Bonchev–Trinajstić information content (AvgIpc) is 3.26. The second-order valence-electron chi connectivity index (χ2n) is 9.31. The largest absolute Gasteiger partial charge is 0.367 e. The maximum Gasteiger partial charge on any atom is 0.164 e. The molecule has 2 atom stereocenters. The molecule has 3 fully saturated rings. The van der Waals surface area contributed by atoms with Crippen LogP contribution in [0.15, 0.2) is 43.1 Å². The molecule has 3 aliphatic rings. The van der Waals surface area contributed by atoms with Crippen LogP contribution < -0.4 is 5.32 Å². The van der Waals surface area contributed by atoms with Crippen LogP contribution >= 0.6 is 0 Å². The molecule has 1 aromatic carbocycles. The molecule has 0 spiro atoms. The van der Waals surface area contributed by atoms with Gasteiger partial charge in [-0.1, -0.05) is 6.92 Å². The Morgan fingerprint density at radius 1 is 0.970 bits per heavy atom. The number of hydrogen-bond acceptors (Lipinski definition) is 5. The van der Waals surface area contributed by atoms with Gasteiger partial charge in [0.25, 0.3) is 0 Å². The molecular weight excluding hydrogens is 422 g/mol.